The topological polar surface area (TPSA) is 53.6 Å². The van der Waals surface area contributed by atoms with Crippen LogP contribution in [0, 0.1) is 29.4 Å². The largest absolute Gasteiger partial charge is 0.367 e. The van der Waals surface area contributed by atoms with Crippen LogP contribution in [0.3, 0.4) is 0 Å². The highest BCUT2D eigenvalue weighted by Crippen LogP contribution is 2.46. The van der Waals surface area contributed by atoms with Crippen molar-refractivity contribution in [2.75, 3.05) is 5.32 Å². The highest BCUT2D eigenvalue weighted by Gasteiger charge is 2.41. The Morgan fingerprint density at radius 1 is 0.795 bits per heavy atom. The van der Waals surface area contributed by atoms with Crippen LogP contribution in [-0.2, 0) is 0 Å². The van der Waals surface area contributed by atoms with Gasteiger partial charge >= 0.3 is 0 Å². The molecule has 0 saturated heterocycles. The number of fused-ring (bicyclic) bond motifs is 4. The van der Waals surface area contributed by atoms with Gasteiger partial charge in [-0.05, 0) is 60.6 Å². The number of hydrogen-bond acceptors (Lipinski definition) is 3. The Balaban J connectivity index is 1.32. The highest BCUT2D eigenvalue weighted by molar-refractivity contribution is 5.94. The van der Waals surface area contributed by atoms with Crippen LogP contribution < -0.4 is 5.32 Å². The summed E-state index contributed by atoms with van der Waals surface area (Å²) in [6.45, 7) is 2.35. The van der Waals surface area contributed by atoms with Crippen molar-refractivity contribution in [1.82, 2.24) is 15.0 Å². The van der Waals surface area contributed by atoms with Gasteiger partial charge in [0, 0.05) is 40.9 Å². The Bertz CT molecular complexity index is 1630. The number of halogens is 2. The number of nitrogens with zero attached hydrogens (tertiary/aromatic N) is 2. The number of aromatic nitrogens is 3. The van der Waals surface area contributed by atoms with Crippen LogP contribution >= 0.6 is 0 Å². The van der Waals surface area contributed by atoms with E-state index in [-0.39, 0.29) is 5.52 Å². The molecule has 6 heteroatoms. The Kier molecular flexibility index (Phi) is 5.91. The number of aromatic amines is 1. The Morgan fingerprint density at radius 2 is 1.49 bits per heavy atom. The van der Waals surface area contributed by atoms with Crippen molar-refractivity contribution in [3.8, 4) is 33.8 Å². The van der Waals surface area contributed by atoms with Crippen LogP contribution in [-0.4, -0.2) is 21.0 Å². The minimum Gasteiger partial charge on any atom is -0.367 e. The van der Waals surface area contributed by atoms with Crippen LogP contribution in [0.5, 0.6) is 0 Å². The van der Waals surface area contributed by atoms with E-state index in [9.17, 15) is 8.78 Å². The summed E-state index contributed by atoms with van der Waals surface area (Å²) in [4.78, 5) is 12.8. The summed E-state index contributed by atoms with van der Waals surface area (Å²) >= 11 is 0. The van der Waals surface area contributed by atoms with E-state index in [4.69, 9.17) is 9.97 Å². The number of hydrogen-bond donors (Lipinski definition) is 2. The fourth-order valence-corrected chi connectivity index (χ4v) is 6.77. The summed E-state index contributed by atoms with van der Waals surface area (Å²) in [5.74, 6) is 1.88. The first kappa shape index (κ1) is 24.0. The second-order valence-electron chi connectivity index (χ2n) is 11.1. The summed E-state index contributed by atoms with van der Waals surface area (Å²) in [6.07, 6.45) is 6.79. The lowest BCUT2D eigenvalue weighted by Crippen LogP contribution is -2.47. The van der Waals surface area contributed by atoms with Crippen molar-refractivity contribution in [1.29, 1.82) is 0 Å². The SMILES string of the molecule is C[C@H]1C2CCC(CC2)[C@@H]1Nc1cc(-c2ccc(-c3ccccc3)cc2)nc(-c2c[nH]c3c(F)cc(F)cc23)n1. The maximum Gasteiger partial charge on any atom is 0.164 e. The van der Waals surface area contributed by atoms with Gasteiger partial charge in [-0.25, -0.2) is 18.7 Å². The maximum absolute atomic E-state index is 14.5. The standard InChI is InChI=1S/C33H30F2N4/c1-19-20-7-13-24(14-8-20)31(19)38-30-17-29(23-11-9-22(10-12-23)21-5-3-2-4-6-21)37-33(39-30)27-18-36-32-26(27)15-25(34)16-28(32)35/h2-6,9-12,15-20,24,31,36H,7-8,13-14H2,1H3,(H,37,38,39)/t19-,20?,24?,31+/m0/s1. The van der Waals surface area contributed by atoms with Crippen LogP contribution in [0.2, 0.25) is 0 Å². The smallest absolute Gasteiger partial charge is 0.164 e. The molecule has 0 aliphatic heterocycles. The third kappa shape index (κ3) is 4.38. The second-order valence-corrected chi connectivity index (χ2v) is 11.1. The lowest BCUT2D eigenvalue weighted by molar-refractivity contribution is 0.0928. The molecule has 3 aromatic carbocycles. The maximum atomic E-state index is 14.5. The summed E-state index contributed by atoms with van der Waals surface area (Å²) in [5.41, 5.74) is 4.83. The monoisotopic (exact) mass is 520 g/mol. The van der Waals surface area contributed by atoms with Gasteiger partial charge in [0.2, 0.25) is 0 Å². The number of benzene rings is 3. The van der Waals surface area contributed by atoms with Gasteiger partial charge < -0.3 is 10.3 Å². The molecule has 0 spiro atoms. The van der Waals surface area contributed by atoms with Gasteiger partial charge in [0.05, 0.1) is 11.2 Å². The molecule has 3 saturated carbocycles. The van der Waals surface area contributed by atoms with Gasteiger partial charge in [-0.2, -0.15) is 0 Å². The van der Waals surface area contributed by atoms with Crippen molar-refractivity contribution < 1.29 is 8.78 Å². The summed E-state index contributed by atoms with van der Waals surface area (Å²) in [5, 5.41) is 4.20. The number of nitrogens with one attached hydrogen (secondary N) is 2. The third-order valence-corrected chi connectivity index (χ3v) is 8.91. The normalized spacial score (nSPS) is 22.3. The summed E-state index contributed by atoms with van der Waals surface area (Å²) < 4.78 is 28.7. The number of H-pyrrole nitrogens is 1. The fraction of sp³-hybridized carbons (Fsp3) is 0.273. The molecule has 3 fully saturated rings. The first-order chi connectivity index (χ1) is 19.0. The molecule has 3 aliphatic carbocycles. The summed E-state index contributed by atoms with van der Waals surface area (Å²) in [7, 11) is 0. The zero-order valence-corrected chi connectivity index (χ0v) is 21.8. The molecule has 0 radical (unpaired) electrons. The lowest BCUT2D eigenvalue weighted by Gasteiger charge is -2.47. The van der Waals surface area contributed by atoms with Crippen LogP contribution in [0.4, 0.5) is 14.6 Å². The van der Waals surface area contributed by atoms with Crippen LogP contribution in [0.25, 0.3) is 44.7 Å². The number of anilines is 1. The highest BCUT2D eigenvalue weighted by atomic mass is 19.1. The van der Waals surface area contributed by atoms with E-state index in [1.807, 2.05) is 24.3 Å². The molecule has 5 aromatic rings. The van der Waals surface area contributed by atoms with Crippen LogP contribution in [0.15, 0.2) is 79.0 Å². The predicted octanol–water partition coefficient (Wildman–Crippen LogP) is 8.47. The minimum atomic E-state index is -0.630. The molecule has 2 bridgehead atoms. The van der Waals surface area contributed by atoms with E-state index >= 15 is 0 Å². The molecular formula is C33H30F2N4. The van der Waals surface area contributed by atoms with Gasteiger partial charge in [-0.3, -0.25) is 0 Å². The van der Waals surface area contributed by atoms with Gasteiger partial charge in [-0.1, -0.05) is 61.5 Å². The molecule has 39 heavy (non-hydrogen) atoms. The molecule has 2 atom stereocenters. The van der Waals surface area contributed by atoms with E-state index in [2.05, 4.69) is 53.6 Å². The lowest BCUT2D eigenvalue weighted by atomic mass is 9.62. The molecule has 0 unspecified atom stereocenters. The van der Waals surface area contributed by atoms with Crippen molar-refractivity contribution in [2.45, 2.75) is 38.6 Å². The van der Waals surface area contributed by atoms with Crippen molar-refractivity contribution in [3.63, 3.8) is 0 Å². The first-order valence-electron chi connectivity index (χ1n) is 13.8. The number of rotatable bonds is 5. The third-order valence-electron chi connectivity index (χ3n) is 8.91. The van der Waals surface area contributed by atoms with Crippen molar-refractivity contribution >= 4 is 16.7 Å². The molecule has 4 nitrogen and oxygen atoms in total. The van der Waals surface area contributed by atoms with E-state index in [1.54, 1.807) is 6.20 Å². The first-order valence-corrected chi connectivity index (χ1v) is 13.8. The molecule has 0 amide bonds. The van der Waals surface area contributed by atoms with Gasteiger partial charge in [0.1, 0.15) is 17.5 Å². The fourth-order valence-electron chi connectivity index (χ4n) is 6.77. The zero-order chi connectivity index (χ0) is 26.5. The van der Waals surface area contributed by atoms with E-state index in [0.717, 1.165) is 40.2 Å². The zero-order valence-electron chi connectivity index (χ0n) is 21.8. The van der Waals surface area contributed by atoms with Crippen molar-refractivity contribution in [3.05, 3.63) is 90.6 Å². The Hall–Kier alpha value is -4.06. The van der Waals surface area contributed by atoms with Gasteiger partial charge in [-0.15, -0.1) is 0 Å². The molecular weight excluding hydrogens is 490 g/mol. The van der Waals surface area contributed by atoms with Gasteiger partial charge in [0.15, 0.2) is 5.82 Å². The minimum absolute atomic E-state index is 0.250. The molecule has 8 rings (SSSR count). The average Bonchev–Trinajstić information content (AvgIpc) is 3.40. The molecule has 2 aromatic heterocycles. The van der Waals surface area contributed by atoms with Crippen molar-refractivity contribution in [2.24, 2.45) is 17.8 Å². The average molecular weight is 521 g/mol. The Labute approximate surface area is 226 Å². The van der Waals surface area contributed by atoms with Crippen LogP contribution in [0.1, 0.15) is 32.6 Å². The van der Waals surface area contributed by atoms with E-state index in [0.29, 0.717) is 34.7 Å². The Morgan fingerprint density at radius 3 is 2.23 bits per heavy atom. The van der Waals surface area contributed by atoms with E-state index in [1.165, 1.54) is 31.7 Å². The molecule has 2 heterocycles. The predicted molar refractivity (Wildman–Crippen MR) is 152 cm³/mol. The molecule has 2 N–H and O–H groups in total. The second kappa shape index (κ2) is 9.60. The molecule has 196 valence electrons. The summed E-state index contributed by atoms with van der Waals surface area (Å²) in [6, 6.07) is 23.2. The quantitative estimate of drug-likeness (QED) is 0.244. The van der Waals surface area contributed by atoms with Gasteiger partial charge in [0.25, 0.3) is 0 Å². The molecule has 3 aliphatic rings. The van der Waals surface area contributed by atoms with E-state index < -0.39 is 11.6 Å².